The van der Waals surface area contributed by atoms with E-state index >= 15 is 0 Å². The molecule has 3 fully saturated rings. The number of piperidine rings is 3. The minimum absolute atomic E-state index is 0.104. The largest absolute Gasteiger partial charge is 0.508 e. The van der Waals surface area contributed by atoms with E-state index in [-0.39, 0.29) is 11.9 Å². The quantitative estimate of drug-likeness (QED) is 0.353. The van der Waals surface area contributed by atoms with Crippen LogP contribution >= 0.6 is 0 Å². The number of hydrogen-bond donors (Lipinski definition) is 1. The molecule has 34 heavy (non-hydrogen) atoms. The van der Waals surface area contributed by atoms with Gasteiger partial charge in [0.1, 0.15) is 5.75 Å². The summed E-state index contributed by atoms with van der Waals surface area (Å²) in [5.41, 5.74) is 3.16. The number of aromatic hydroxyl groups is 1. The second kappa shape index (κ2) is 8.86. The summed E-state index contributed by atoms with van der Waals surface area (Å²) in [6, 6.07) is 22.8. The third kappa shape index (κ3) is 3.87. The van der Waals surface area contributed by atoms with Crippen molar-refractivity contribution in [3.05, 3.63) is 96.7 Å². The van der Waals surface area contributed by atoms with Crippen molar-refractivity contribution in [1.29, 1.82) is 0 Å². The van der Waals surface area contributed by atoms with E-state index in [2.05, 4.69) is 71.1 Å². The van der Waals surface area contributed by atoms with E-state index in [4.69, 9.17) is 4.74 Å². The Morgan fingerprint density at radius 3 is 2.79 bits per heavy atom. The SMILES string of the molecule is C=C[C@H]1CN2CC[C@H]1C[C@@H]2C(OCc1ccc2ccccc2c1)c1ccnc2ccc(O)cc12. The fourth-order valence-corrected chi connectivity index (χ4v) is 6.02. The monoisotopic (exact) mass is 450 g/mol. The zero-order chi connectivity index (χ0) is 23.1. The van der Waals surface area contributed by atoms with E-state index in [1.54, 1.807) is 6.07 Å². The Hall–Kier alpha value is -3.21. The number of phenolic OH excluding ortho intramolecular Hbond substituents is 1. The van der Waals surface area contributed by atoms with Crippen molar-refractivity contribution in [2.75, 3.05) is 13.1 Å². The lowest BCUT2D eigenvalue weighted by molar-refractivity contribution is -0.0803. The van der Waals surface area contributed by atoms with Gasteiger partial charge < -0.3 is 9.84 Å². The van der Waals surface area contributed by atoms with Crippen molar-refractivity contribution < 1.29 is 9.84 Å². The van der Waals surface area contributed by atoms with Crippen LogP contribution in [0.1, 0.15) is 30.1 Å². The van der Waals surface area contributed by atoms with Crippen LogP contribution in [0.2, 0.25) is 0 Å². The van der Waals surface area contributed by atoms with Crippen molar-refractivity contribution in [2.24, 2.45) is 11.8 Å². The molecule has 7 rings (SSSR count). The Labute approximate surface area is 200 Å². The van der Waals surface area contributed by atoms with Crippen molar-refractivity contribution in [3.8, 4) is 5.75 Å². The molecule has 4 aromatic rings. The first-order valence-electron chi connectivity index (χ1n) is 12.2. The fraction of sp³-hybridized carbons (Fsp3) is 0.300. The van der Waals surface area contributed by atoms with Gasteiger partial charge in [-0.15, -0.1) is 6.58 Å². The van der Waals surface area contributed by atoms with Gasteiger partial charge in [0.2, 0.25) is 0 Å². The number of nitrogens with zero attached hydrogens (tertiary/aromatic N) is 2. The molecule has 3 saturated heterocycles. The molecule has 4 heterocycles. The molecule has 2 bridgehead atoms. The van der Waals surface area contributed by atoms with Crippen LogP contribution in [-0.2, 0) is 11.3 Å². The molecule has 0 radical (unpaired) electrons. The lowest BCUT2D eigenvalue weighted by atomic mass is 9.73. The highest BCUT2D eigenvalue weighted by molar-refractivity contribution is 5.84. The summed E-state index contributed by atoms with van der Waals surface area (Å²) in [4.78, 5) is 7.13. The van der Waals surface area contributed by atoms with E-state index in [1.165, 1.54) is 22.8 Å². The maximum absolute atomic E-state index is 10.2. The summed E-state index contributed by atoms with van der Waals surface area (Å²) in [5.74, 6) is 1.47. The predicted octanol–water partition coefficient (Wildman–Crippen LogP) is 6.25. The van der Waals surface area contributed by atoms with E-state index in [0.717, 1.165) is 36.0 Å². The molecule has 0 amide bonds. The van der Waals surface area contributed by atoms with Crippen LogP contribution in [0.15, 0.2) is 85.6 Å². The number of pyridine rings is 1. The Morgan fingerprint density at radius 2 is 1.97 bits per heavy atom. The Balaban J connectivity index is 1.37. The zero-order valence-corrected chi connectivity index (χ0v) is 19.3. The van der Waals surface area contributed by atoms with Gasteiger partial charge in [-0.1, -0.05) is 42.5 Å². The van der Waals surface area contributed by atoms with Crippen LogP contribution in [0.5, 0.6) is 5.75 Å². The number of rotatable bonds is 6. The number of benzene rings is 3. The van der Waals surface area contributed by atoms with Crippen LogP contribution < -0.4 is 0 Å². The highest BCUT2D eigenvalue weighted by atomic mass is 16.5. The van der Waals surface area contributed by atoms with Gasteiger partial charge in [-0.05, 0) is 83.5 Å². The molecule has 2 unspecified atom stereocenters. The Kier molecular flexibility index (Phi) is 5.56. The summed E-state index contributed by atoms with van der Waals surface area (Å²) in [7, 11) is 0. The van der Waals surface area contributed by atoms with Crippen LogP contribution in [0.3, 0.4) is 0 Å². The number of fused-ring (bicyclic) bond motifs is 5. The highest BCUT2D eigenvalue weighted by Gasteiger charge is 2.43. The lowest BCUT2D eigenvalue weighted by Crippen LogP contribution is -2.55. The Bertz CT molecular complexity index is 1350. The van der Waals surface area contributed by atoms with Gasteiger partial charge in [-0.3, -0.25) is 9.88 Å². The zero-order valence-electron chi connectivity index (χ0n) is 19.3. The molecular weight excluding hydrogens is 420 g/mol. The topological polar surface area (TPSA) is 45.6 Å². The van der Waals surface area contributed by atoms with Crippen molar-refractivity contribution in [3.63, 3.8) is 0 Å². The normalized spacial score (nSPS) is 24.9. The smallest absolute Gasteiger partial charge is 0.116 e. The Morgan fingerprint density at radius 1 is 1.09 bits per heavy atom. The maximum Gasteiger partial charge on any atom is 0.116 e. The fourth-order valence-electron chi connectivity index (χ4n) is 6.02. The maximum atomic E-state index is 10.2. The average Bonchev–Trinajstić information content (AvgIpc) is 2.89. The van der Waals surface area contributed by atoms with Crippen LogP contribution in [-0.4, -0.2) is 34.1 Å². The molecular formula is C30H30N2O2. The molecule has 4 nitrogen and oxygen atoms in total. The van der Waals surface area contributed by atoms with Crippen molar-refractivity contribution in [2.45, 2.75) is 31.6 Å². The van der Waals surface area contributed by atoms with Gasteiger partial charge in [-0.2, -0.15) is 0 Å². The van der Waals surface area contributed by atoms with E-state index in [9.17, 15) is 5.11 Å². The predicted molar refractivity (Wildman–Crippen MR) is 137 cm³/mol. The second-order valence-corrected chi connectivity index (χ2v) is 9.76. The minimum atomic E-state index is -0.104. The summed E-state index contributed by atoms with van der Waals surface area (Å²) < 4.78 is 6.80. The molecule has 4 heteroatoms. The number of aromatic nitrogens is 1. The molecule has 172 valence electrons. The second-order valence-electron chi connectivity index (χ2n) is 9.76. The van der Waals surface area contributed by atoms with Gasteiger partial charge in [0.25, 0.3) is 0 Å². The van der Waals surface area contributed by atoms with Gasteiger partial charge in [0.15, 0.2) is 0 Å². The molecule has 1 N–H and O–H groups in total. The van der Waals surface area contributed by atoms with E-state index in [1.807, 2.05) is 18.3 Å². The molecule has 3 aromatic carbocycles. The average molecular weight is 451 g/mol. The van der Waals surface area contributed by atoms with Crippen LogP contribution in [0, 0.1) is 11.8 Å². The summed E-state index contributed by atoms with van der Waals surface area (Å²) >= 11 is 0. The first kappa shape index (κ1) is 21.3. The first-order valence-corrected chi connectivity index (χ1v) is 12.2. The molecule has 0 spiro atoms. The molecule has 5 atom stereocenters. The van der Waals surface area contributed by atoms with E-state index in [0.29, 0.717) is 24.5 Å². The van der Waals surface area contributed by atoms with Crippen molar-refractivity contribution >= 4 is 21.7 Å². The standard InChI is InChI=1S/C30H30N2O2/c1-2-21-18-32-14-12-24(21)16-29(32)30(26-11-13-31-28-10-9-25(33)17-27(26)28)34-19-20-7-8-22-5-3-4-6-23(22)15-20/h2-11,13,15,17,21,24,29-30,33H,1,12,14,16,18-19H2/t21-,24-,29+,30?/m0/s1. The third-order valence-electron chi connectivity index (χ3n) is 7.81. The summed E-state index contributed by atoms with van der Waals surface area (Å²) in [5, 5.41) is 13.7. The third-order valence-corrected chi connectivity index (χ3v) is 7.81. The van der Waals surface area contributed by atoms with Gasteiger partial charge in [0, 0.05) is 24.2 Å². The molecule has 0 saturated carbocycles. The summed E-state index contributed by atoms with van der Waals surface area (Å²) in [6.07, 6.45) is 6.22. The number of hydrogen-bond acceptors (Lipinski definition) is 4. The molecule has 3 aliphatic rings. The molecule has 0 aliphatic carbocycles. The van der Waals surface area contributed by atoms with Gasteiger partial charge >= 0.3 is 0 Å². The minimum Gasteiger partial charge on any atom is -0.508 e. The van der Waals surface area contributed by atoms with E-state index < -0.39 is 0 Å². The van der Waals surface area contributed by atoms with Crippen LogP contribution in [0.25, 0.3) is 21.7 Å². The first-order chi connectivity index (χ1) is 16.7. The lowest BCUT2D eigenvalue weighted by Gasteiger charge is -2.51. The van der Waals surface area contributed by atoms with Gasteiger partial charge in [-0.25, -0.2) is 0 Å². The van der Waals surface area contributed by atoms with Crippen LogP contribution in [0.4, 0.5) is 0 Å². The van der Waals surface area contributed by atoms with Crippen molar-refractivity contribution in [1.82, 2.24) is 9.88 Å². The molecule has 1 aromatic heterocycles. The van der Waals surface area contributed by atoms with Gasteiger partial charge in [0.05, 0.1) is 18.2 Å². The summed E-state index contributed by atoms with van der Waals surface area (Å²) in [6.45, 7) is 6.77. The highest BCUT2D eigenvalue weighted by Crippen LogP contribution is 2.44. The molecule has 3 aliphatic heterocycles. The number of ether oxygens (including phenoxy) is 1. The number of phenols is 1.